The first-order valence-electron chi connectivity index (χ1n) is 7.12. The van der Waals surface area contributed by atoms with Crippen LogP contribution < -0.4 is 5.73 Å². The topological polar surface area (TPSA) is 66.6 Å². The molecule has 0 aromatic heterocycles. The molecule has 0 heterocycles. The fraction of sp³-hybridized carbons (Fsp3) is 0.857. The van der Waals surface area contributed by atoms with Gasteiger partial charge in [-0.2, -0.15) is 0 Å². The van der Waals surface area contributed by atoms with Crippen LogP contribution in [0.2, 0.25) is 0 Å². The zero-order valence-corrected chi connectivity index (χ0v) is 12.4. The van der Waals surface area contributed by atoms with Crippen molar-refractivity contribution in [3.8, 4) is 0 Å². The van der Waals surface area contributed by atoms with Gasteiger partial charge in [-0.25, -0.2) is 0 Å². The highest BCUT2D eigenvalue weighted by Gasteiger charge is 2.38. The summed E-state index contributed by atoms with van der Waals surface area (Å²) >= 11 is 0. The Morgan fingerprint density at radius 2 is 1.84 bits per heavy atom. The van der Waals surface area contributed by atoms with Crippen molar-refractivity contribution in [2.75, 3.05) is 33.7 Å². The highest BCUT2D eigenvalue weighted by atomic mass is 16.2. The smallest absolute Gasteiger partial charge is 0.241 e. The van der Waals surface area contributed by atoms with E-state index in [1.165, 1.54) is 4.90 Å². The molecule has 110 valence electrons. The van der Waals surface area contributed by atoms with Gasteiger partial charge in [0.05, 0.1) is 6.54 Å². The number of amides is 2. The van der Waals surface area contributed by atoms with Crippen LogP contribution in [0.4, 0.5) is 0 Å². The van der Waals surface area contributed by atoms with Crippen molar-refractivity contribution in [2.45, 2.75) is 39.0 Å². The van der Waals surface area contributed by atoms with Crippen molar-refractivity contribution in [3.63, 3.8) is 0 Å². The third-order valence-electron chi connectivity index (χ3n) is 4.04. The van der Waals surface area contributed by atoms with Crippen LogP contribution >= 0.6 is 0 Å². The largest absolute Gasteiger partial charge is 0.347 e. The molecule has 1 fully saturated rings. The molecular weight excluding hydrogens is 242 g/mol. The Labute approximate surface area is 116 Å². The summed E-state index contributed by atoms with van der Waals surface area (Å²) < 4.78 is 0. The number of carbonyl (C=O) groups excluding carboxylic acids is 2. The van der Waals surface area contributed by atoms with Gasteiger partial charge in [-0.15, -0.1) is 0 Å². The number of nitrogens with zero attached hydrogens (tertiary/aromatic N) is 2. The van der Waals surface area contributed by atoms with Gasteiger partial charge in [0.1, 0.15) is 0 Å². The van der Waals surface area contributed by atoms with Crippen LogP contribution in [0.1, 0.15) is 39.0 Å². The first kappa shape index (κ1) is 16.0. The van der Waals surface area contributed by atoms with E-state index in [2.05, 4.69) is 0 Å². The van der Waals surface area contributed by atoms with Crippen molar-refractivity contribution >= 4 is 11.8 Å². The zero-order chi connectivity index (χ0) is 14.5. The van der Waals surface area contributed by atoms with Gasteiger partial charge in [-0.05, 0) is 31.2 Å². The summed E-state index contributed by atoms with van der Waals surface area (Å²) in [7, 11) is 3.43. The Hall–Kier alpha value is -1.10. The van der Waals surface area contributed by atoms with E-state index in [1.54, 1.807) is 19.0 Å². The number of hydrogen-bond acceptors (Lipinski definition) is 3. The fourth-order valence-electron chi connectivity index (χ4n) is 2.43. The van der Waals surface area contributed by atoms with Crippen LogP contribution in [0, 0.1) is 5.41 Å². The Morgan fingerprint density at radius 3 is 2.21 bits per heavy atom. The summed E-state index contributed by atoms with van der Waals surface area (Å²) in [6.07, 6.45) is 4.59. The summed E-state index contributed by atoms with van der Waals surface area (Å²) in [5, 5.41) is 0. The maximum absolute atomic E-state index is 12.4. The standard InChI is InChI=1S/C14H27N3O2/c1-4-8-17(10-13(19)16(2)3)12(18)9-14(11-15)6-5-7-14/h4-11,15H2,1-3H3. The molecule has 0 saturated heterocycles. The summed E-state index contributed by atoms with van der Waals surface area (Å²) in [4.78, 5) is 27.3. The molecule has 1 saturated carbocycles. The van der Waals surface area contributed by atoms with E-state index in [9.17, 15) is 9.59 Å². The zero-order valence-electron chi connectivity index (χ0n) is 12.4. The maximum atomic E-state index is 12.4. The monoisotopic (exact) mass is 269 g/mol. The van der Waals surface area contributed by atoms with E-state index in [0.717, 1.165) is 25.7 Å². The van der Waals surface area contributed by atoms with Crippen LogP contribution in [-0.2, 0) is 9.59 Å². The van der Waals surface area contributed by atoms with Crippen molar-refractivity contribution < 1.29 is 9.59 Å². The molecule has 0 aromatic carbocycles. The SMILES string of the molecule is CCCN(CC(=O)N(C)C)C(=O)CC1(CN)CCC1. The maximum Gasteiger partial charge on any atom is 0.241 e. The molecule has 0 aromatic rings. The highest BCUT2D eigenvalue weighted by molar-refractivity contribution is 5.85. The average Bonchev–Trinajstić information content (AvgIpc) is 2.32. The Bertz CT molecular complexity index is 319. The minimum absolute atomic E-state index is 0.00421. The molecule has 2 N–H and O–H groups in total. The Balaban J connectivity index is 2.59. The second-order valence-corrected chi connectivity index (χ2v) is 5.84. The lowest BCUT2D eigenvalue weighted by molar-refractivity contribution is -0.141. The molecule has 1 aliphatic carbocycles. The molecule has 0 atom stereocenters. The first-order chi connectivity index (χ1) is 8.94. The second-order valence-electron chi connectivity index (χ2n) is 5.84. The van der Waals surface area contributed by atoms with E-state index in [1.807, 2.05) is 6.92 Å². The van der Waals surface area contributed by atoms with Crippen molar-refractivity contribution in [1.29, 1.82) is 0 Å². The number of nitrogens with two attached hydrogens (primary N) is 1. The lowest BCUT2D eigenvalue weighted by Crippen LogP contribution is -2.46. The third kappa shape index (κ3) is 4.20. The van der Waals surface area contributed by atoms with Gasteiger partial charge in [0.15, 0.2) is 0 Å². The quantitative estimate of drug-likeness (QED) is 0.744. The molecule has 0 aliphatic heterocycles. The van der Waals surface area contributed by atoms with Gasteiger partial charge in [-0.1, -0.05) is 13.3 Å². The van der Waals surface area contributed by atoms with Crippen LogP contribution in [0.3, 0.4) is 0 Å². The average molecular weight is 269 g/mol. The van der Waals surface area contributed by atoms with Crippen LogP contribution in [0.25, 0.3) is 0 Å². The van der Waals surface area contributed by atoms with Crippen LogP contribution in [-0.4, -0.2) is 55.3 Å². The second kappa shape index (κ2) is 6.89. The molecule has 0 unspecified atom stereocenters. The predicted octanol–water partition coefficient (Wildman–Crippen LogP) is 0.832. The van der Waals surface area contributed by atoms with Crippen molar-refractivity contribution in [2.24, 2.45) is 11.1 Å². The van der Waals surface area contributed by atoms with E-state index in [-0.39, 0.29) is 23.8 Å². The minimum Gasteiger partial charge on any atom is -0.347 e. The van der Waals surface area contributed by atoms with Crippen molar-refractivity contribution in [3.05, 3.63) is 0 Å². The Kier molecular flexibility index (Phi) is 5.79. The molecule has 0 radical (unpaired) electrons. The summed E-state index contributed by atoms with van der Waals surface area (Å²) in [5.41, 5.74) is 5.80. The first-order valence-corrected chi connectivity index (χ1v) is 7.12. The van der Waals surface area contributed by atoms with E-state index >= 15 is 0 Å². The van der Waals surface area contributed by atoms with E-state index in [4.69, 9.17) is 5.73 Å². The number of hydrogen-bond donors (Lipinski definition) is 1. The molecule has 0 spiro atoms. The van der Waals surface area contributed by atoms with Crippen LogP contribution in [0.15, 0.2) is 0 Å². The molecule has 19 heavy (non-hydrogen) atoms. The third-order valence-corrected chi connectivity index (χ3v) is 4.04. The minimum atomic E-state index is -0.0304. The van der Waals surface area contributed by atoms with Gasteiger partial charge < -0.3 is 15.5 Å². The molecule has 1 rings (SSSR count). The summed E-state index contributed by atoms with van der Waals surface area (Å²) in [6, 6.07) is 0. The normalized spacial score (nSPS) is 16.6. The molecule has 0 bridgehead atoms. The van der Waals surface area contributed by atoms with Gasteiger partial charge in [0.2, 0.25) is 11.8 Å². The molecule has 1 aliphatic rings. The highest BCUT2D eigenvalue weighted by Crippen LogP contribution is 2.43. The summed E-state index contributed by atoms with van der Waals surface area (Å²) in [6.45, 7) is 3.40. The number of carbonyl (C=O) groups is 2. The van der Waals surface area contributed by atoms with Gasteiger partial charge in [0.25, 0.3) is 0 Å². The van der Waals surface area contributed by atoms with Gasteiger partial charge in [-0.3, -0.25) is 9.59 Å². The number of rotatable bonds is 7. The lowest BCUT2D eigenvalue weighted by atomic mass is 9.66. The summed E-state index contributed by atoms with van der Waals surface area (Å²) in [5.74, 6) is 0.0411. The number of likely N-dealkylation sites (N-methyl/N-ethyl adjacent to an activating group) is 1. The van der Waals surface area contributed by atoms with Gasteiger partial charge >= 0.3 is 0 Å². The molecule has 2 amide bonds. The lowest BCUT2D eigenvalue weighted by Gasteiger charge is -2.41. The van der Waals surface area contributed by atoms with E-state index < -0.39 is 0 Å². The predicted molar refractivity (Wildman–Crippen MR) is 75.5 cm³/mol. The van der Waals surface area contributed by atoms with Crippen molar-refractivity contribution in [1.82, 2.24) is 9.80 Å². The van der Waals surface area contributed by atoms with E-state index in [0.29, 0.717) is 19.5 Å². The fourth-order valence-corrected chi connectivity index (χ4v) is 2.43. The molecule has 5 heteroatoms. The molecule has 5 nitrogen and oxygen atoms in total. The van der Waals surface area contributed by atoms with Crippen LogP contribution in [0.5, 0.6) is 0 Å². The Morgan fingerprint density at radius 1 is 1.21 bits per heavy atom. The van der Waals surface area contributed by atoms with Gasteiger partial charge in [0, 0.05) is 27.1 Å². The molecular formula is C14H27N3O2.